The highest BCUT2D eigenvalue weighted by Crippen LogP contribution is 2.44. The maximum absolute atomic E-state index is 10.9. The third kappa shape index (κ3) is 2.49. The predicted octanol–water partition coefficient (Wildman–Crippen LogP) is 1.48. The number of rotatable bonds is 4. The van der Waals surface area contributed by atoms with Gasteiger partial charge < -0.3 is 14.7 Å². The molecule has 1 N–H and O–H groups in total. The lowest BCUT2D eigenvalue weighted by Crippen LogP contribution is -2.36. The van der Waals surface area contributed by atoms with E-state index in [1.165, 1.54) is 0 Å². The lowest BCUT2D eigenvalue weighted by atomic mass is 10.2. The van der Waals surface area contributed by atoms with Crippen LogP contribution < -0.4 is 4.90 Å². The molecule has 2 aliphatic rings. The average molecular weight is 268 g/mol. The number of hydrogen-bond acceptors (Lipinski definition) is 5. The number of ether oxygens (including phenoxy) is 1. The van der Waals surface area contributed by atoms with Gasteiger partial charge >= 0.3 is 5.97 Å². The van der Waals surface area contributed by atoms with Crippen molar-refractivity contribution in [2.75, 3.05) is 31.2 Å². The highest BCUT2D eigenvalue weighted by Gasteiger charge is 2.31. The van der Waals surface area contributed by atoms with E-state index in [1.807, 2.05) is 0 Å². The van der Waals surface area contributed by atoms with Gasteiger partial charge in [-0.25, -0.2) is 4.98 Å². The minimum Gasteiger partial charge on any atom is -0.481 e. The van der Waals surface area contributed by atoms with Gasteiger partial charge in [0.15, 0.2) is 5.13 Å². The molecule has 18 heavy (non-hydrogen) atoms. The molecule has 0 aromatic carbocycles. The van der Waals surface area contributed by atoms with Gasteiger partial charge in [-0.05, 0) is 12.8 Å². The van der Waals surface area contributed by atoms with Crippen molar-refractivity contribution in [1.82, 2.24) is 4.98 Å². The van der Waals surface area contributed by atoms with E-state index in [9.17, 15) is 4.79 Å². The molecule has 0 bridgehead atoms. The summed E-state index contributed by atoms with van der Waals surface area (Å²) >= 11 is 1.54. The lowest BCUT2D eigenvalue weighted by molar-refractivity contribution is -0.136. The summed E-state index contributed by atoms with van der Waals surface area (Å²) in [6.45, 7) is 3.16. The number of aromatic nitrogens is 1. The Morgan fingerprint density at radius 1 is 1.44 bits per heavy atom. The standard InChI is InChI=1S/C12H16N2O3S/c15-10(16)7-9-11(8-1-2-8)13-12(18-9)14-3-5-17-6-4-14/h8H,1-7H2,(H,15,16). The molecule has 1 aliphatic heterocycles. The minimum absolute atomic E-state index is 0.105. The fraction of sp³-hybridized carbons (Fsp3) is 0.667. The molecule has 1 saturated heterocycles. The molecule has 1 saturated carbocycles. The Morgan fingerprint density at radius 3 is 2.78 bits per heavy atom. The first kappa shape index (κ1) is 11.9. The van der Waals surface area contributed by atoms with E-state index in [2.05, 4.69) is 9.88 Å². The van der Waals surface area contributed by atoms with Crippen LogP contribution in [0.3, 0.4) is 0 Å². The van der Waals surface area contributed by atoms with Crippen LogP contribution in [0.4, 0.5) is 5.13 Å². The molecule has 0 spiro atoms. The normalized spacial score (nSPS) is 20.1. The third-order valence-corrected chi connectivity index (χ3v) is 4.41. The van der Waals surface area contributed by atoms with Gasteiger partial charge in [-0.1, -0.05) is 0 Å². The van der Waals surface area contributed by atoms with Crippen LogP contribution in [0.25, 0.3) is 0 Å². The van der Waals surface area contributed by atoms with Crippen molar-refractivity contribution in [2.45, 2.75) is 25.2 Å². The molecular weight excluding hydrogens is 252 g/mol. The maximum atomic E-state index is 10.9. The van der Waals surface area contributed by atoms with Crippen molar-refractivity contribution >= 4 is 22.4 Å². The third-order valence-electron chi connectivity index (χ3n) is 3.27. The number of nitrogens with zero attached hydrogens (tertiary/aromatic N) is 2. The first-order valence-electron chi connectivity index (χ1n) is 6.28. The molecule has 0 amide bonds. The van der Waals surface area contributed by atoms with Gasteiger partial charge in [0.2, 0.25) is 0 Å². The Morgan fingerprint density at radius 2 is 2.17 bits per heavy atom. The van der Waals surface area contributed by atoms with Gasteiger partial charge in [0, 0.05) is 23.9 Å². The predicted molar refractivity (Wildman–Crippen MR) is 68.5 cm³/mol. The van der Waals surface area contributed by atoms with Gasteiger partial charge in [0.25, 0.3) is 0 Å². The summed E-state index contributed by atoms with van der Waals surface area (Å²) in [5, 5.41) is 9.93. The van der Waals surface area contributed by atoms with Crippen molar-refractivity contribution in [3.05, 3.63) is 10.6 Å². The fourth-order valence-electron chi connectivity index (χ4n) is 2.18. The molecule has 3 rings (SSSR count). The first-order chi connectivity index (χ1) is 8.74. The monoisotopic (exact) mass is 268 g/mol. The maximum Gasteiger partial charge on any atom is 0.308 e. The van der Waals surface area contributed by atoms with E-state index in [1.54, 1.807) is 11.3 Å². The highest BCUT2D eigenvalue weighted by atomic mass is 32.1. The number of anilines is 1. The Bertz CT molecular complexity index is 450. The molecule has 2 fully saturated rings. The second-order valence-corrected chi connectivity index (χ2v) is 5.81. The summed E-state index contributed by atoms with van der Waals surface area (Å²) in [5.74, 6) is -0.264. The largest absolute Gasteiger partial charge is 0.481 e. The highest BCUT2D eigenvalue weighted by molar-refractivity contribution is 7.15. The average Bonchev–Trinajstić information content (AvgIpc) is 3.12. The zero-order chi connectivity index (χ0) is 12.5. The van der Waals surface area contributed by atoms with Crippen LogP contribution in [0.2, 0.25) is 0 Å². The summed E-state index contributed by atoms with van der Waals surface area (Å²) in [5.41, 5.74) is 1.03. The second-order valence-electron chi connectivity index (χ2n) is 4.75. The first-order valence-corrected chi connectivity index (χ1v) is 7.10. The van der Waals surface area contributed by atoms with E-state index in [0.717, 1.165) is 54.8 Å². The van der Waals surface area contributed by atoms with Crippen molar-refractivity contribution in [3.8, 4) is 0 Å². The quantitative estimate of drug-likeness (QED) is 0.896. The van der Waals surface area contributed by atoms with E-state index >= 15 is 0 Å². The van der Waals surface area contributed by atoms with Crippen LogP contribution in [-0.4, -0.2) is 42.4 Å². The summed E-state index contributed by atoms with van der Waals surface area (Å²) in [7, 11) is 0. The van der Waals surface area contributed by atoms with E-state index < -0.39 is 5.97 Å². The van der Waals surface area contributed by atoms with Crippen molar-refractivity contribution in [2.24, 2.45) is 0 Å². The molecule has 2 heterocycles. The van der Waals surface area contributed by atoms with Crippen LogP contribution >= 0.6 is 11.3 Å². The van der Waals surface area contributed by atoms with Gasteiger partial charge in [-0.3, -0.25) is 4.79 Å². The zero-order valence-electron chi connectivity index (χ0n) is 10.1. The van der Waals surface area contributed by atoms with Crippen molar-refractivity contribution in [1.29, 1.82) is 0 Å². The van der Waals surface area contributed by atoms with E-state index in [-0.39, 0.29) is 6.42 Å². The van der Waals surface area contributed by atoms with Gasteiger partial charge in [0.05, 0.1) is 25.3 Å². The van der Waals surface area contributed by atoms with Crippen LogP contribution in [0, 0.1) is 0 Å². The Balaban J connectivity index is 1.83. The lowest BCUT2D eigenvalue weighted by Gasteiger charge is -2.26. The smallest absolute Gasteiger partial charge is 0.308 e. The van der Waals surface area contributed by atoms with Crippen LogP contribution in [0.1, 0.15) is 29.3 Å². The molecule has 1 aromatic rings. The number of morpholine rings is 1. The van der Waals surface area contributed by atoms with Crippen LogP contribution in [0.5, 0.6) is 0 Å². The number of hydrogen-bond donors (Lipinski definition) is 1. The van der Waals surface area contributed by atoms with E-state index in [4.69, 9.17) is 9.84 Å². The molecule has 6 heteroatoms. The molecule has 5 nitrogen and oxygen atoms in total. The molecule has 1 aromatic heterocycles. The van der Waals surface area contributed by atoms with Crippen molar-refractivity contribution in [3.63, 3.8) is 0 Å². The van der Waals surface area contributed by atoms with Gasteiger partial charge in [0.1, 0.15) is 0 Å². The van der Waals surface area contributed by atoms with Crippen LogP contribution in [-0.2, 0) is 16.0 Å². The molecule has 0 unspecified atom stereocenters. The number of carboxylic acids is 1. The number of aliphatic carboxylic acids is 1. The SMILES string of the molecule is O=C(O)Cc1sc(N2CCOCC2)nc1C1CC1. The summed E-state index contributed by atoms with van der Waals surface area (Å²) < 4.78 is 5.32. The zero-order valence-corrected chi connectivity index (χ0v) is 10.9. The molecule has 0 atom stereocenters. The molecule has 0 radical (unpaired) electrons. The van der Waals surface area contributed by atoms with Crippen molar-refractivity contribution < 1.29 is 14.6 Å². The second kappa shape index (κ2) is 4.85. The van der Waals surface area contributed by atoms with Crippen LogP contribution in [0.15, 0.2) is 0 Å². The van der Waals surface area contributed by atoms with Gasteiger partial charge in [-0.2, -0.15) is 0 Å². The number of thiazole rings is 1. The Kier molecular flexibility index (Phi) is 3.22. The minimum atomic E-state index is -0.769. The van der Waals surface area contributed by atoms with E-state index in [0.29, 0.717) is 5.92 Å². The number of carbonyl (C=O) groups is 1. The summed E-state index contributed by atoms with van der Waals surface area (Å²) in [4.78, 5) is 18.7. The van der Waals surface area contributed by atoms with Gasteiger partial charge in [-0.15, -0.1) is 11.3 Å². The summed E-state index contributed by atoms with van der Waals surface area (Å²) in [6.07, 6.45) is 2.41. The molecular formula is C12H16N2O3S. The molecule has 1 aliphatic carbocycles. The topological polar surface area (TPSA) is 62.7 Å². The number of carboxylic acid groups (broad SMARTS) is 1. The Labute approximate surface area is 109 Å². The summed E-state index contributed by atoms with van der Waals surface area (Å²) in [6, 6.07) is 0. The Hall–Kier alpha value is -1.14. The molecule has 98 valence electrons. The fourth-order valence-corrected chi connectivity index (χ4v) is 3.37.